The van der Waals surface area contributed by atoms with Crippen molar-refractivity contribution in [1.29, 1.82) is 0 Å². The maximum Gasteiger partial charge on any atom is 0.254 e. The van der Waals surface area contributed by atoms with Crippen molar-refractivity contribution in [3.05, 3.63) is 29.3 Å². The second-order valence-corrected chi connectivity index (χ2v) is 5.14. The molecule has 110 valence electrons. The Hall–Kier alpha value is -1.69. The molecule has 2 N–H and O–H groups in total. The lowest BCUT2D eigenvalue weighted by atomic mass is 9.95. The first-order valence-corrected chi connectivity index (χ1v) is 6.50. The van der Waals surface area contributed by atoms with E-state index in [1.54, 1.807) is 12.0 Å². The van der Waals surface area contributed by atoms with Crippen molar-refractivity contribution >= 4 is 11.6 Å². The van der Waals surface area contributed by atoms with Gasteiger partial charge in [0.1, 0.15) is 17.3 Å². The number of hydrogen-bond acceptors (Lipinski definition) is 3. The van der Waals surface area contributed by atoms with E-state index in [9.17, 15) is 13.6 Å². The van der Waals surface area contributed by atoms with Crippen LogP contribution in [0.25, 0.3) is 0 Å². The van der Waals surface area contributed by atoms with Crippen molar-refractivity contribution in [2.45, 2.75) is 19.4 Å². The van der Waals surface area contributed by atoms with Gasteiger partial charge in [0.15, 0.2) is 0 Å². The number of anilines is 1. The number of carbonyl (C=O) groups is 1. The van der Waals surface area contributed by atoms with Crippen molar-refractivity contribution < 1.29 is 18.3 Å². The van der Waals surface area contributed by atoms with Gasteiger partial charge in [-0.3, -0.25) is 4.79 Å². The average molecular weight is 284 g/mol. The molecule has 1 saturated heterocycles. The van der Waals surface area contributed by atoms with E-state index >= 15 is 0 Å². The molecule has 1 aliphatic heterocycles. The molecular weight excluding hydrogens is 266 g/mol. The van der Waals surface area contributed by atoms with E-state index in [2.05, 4.69) is 6.92 Å². The zero-order valence-electron chi connectivity index (χ0n) is 11.5. The molecule has 1 aromatic carbocycles. The van der Waals surface area contributed by atoms with Gasteiger partial charge in [-0.05, 0) is 24.5 Å². The molecular formula is C14H18F2N2O2. The first-order chi connectivity index (χ1) is 9.43. The average Bonchev–Trinajstić information content (AvgIpc) is 2.44. The highest BCUT2D eigenvalue weighted by Crippen LogP contribution is 2.23. The predicted molar refractivity (Wildman–Crippen MR) is 71.3 cm³/mol. The molecule has 0 aromatic heterocycles. The van der Waals surface area contributed by atoms with Gasteiger partial charge in [0.05, 0.1) is 6.10 Å². The second-order valence-electron chi connectivity index (χ2n) is 5.14. The van der Waals surface area contributed by atoms with E-state index in [0.717, 1.165) is 18.6 Å². The van der Waals surface area contributed by atoms with E-state index in [1.165, 1.54) is 0 Å². The molecule has 4 nitrogen and oxygen atoms in total. The largest absolute Gasteiger partial charge is 0.394 e. The fourth-order valence-corrected chi connectivity index (χ4v) is 2.42. The number of nitrogens with zero attached hydrogens (tertiary/aromatic N) is 1. The van der Waals surface area contributed by atoms with Crippen molar-refractivity contribution in [3.63, 3.8) is 0 Å². The zero-order valence-corrected chi connectivity index (χ0v) is 11.5. The first kappa shape index (κ1) is 14.7. The molecule has 2 rings (SSSR count). The Morgan fingerprint density at radius 2 is 2.00 bits per heavy atom. The molecule has 0 spiro atoms. The minimum absolute atomic E-state index is 0.0291. The summed E-state index contributed by atoms with van der Waals surface area (Å²) in [5.74, 6) is -1.88. The van der Waals surface area contributed by atoms with Crippen LogP contribution in [0.3, 0.4) is 0 Å². The Morgan fingerprint density at radius 1 is 1.40 bits per heavy atom. The maximum absolute atomic E-state index is 13.4. The summed E-state index contributed by atoms with van der Waals surface area (Å²) in [6, 6.07) is 1.95. The monoisotopic (exact) mass is 284 g/mol. The number of likely N-dealkylation sites (tertiary alicyclic amines) is 1. The molecule has 1 heterocycles. The van der Waals surface area contributed by atoms with Crippen LogP contribution in [0, 0.1) is 17.6 Å². The summed E-state index contributed by atoms with van der Waals surface area (Å²) in [7, 11) is 1.59. The quantitative estimate of drug-likeness (QED) is 0.846. The third-order valence-corrected chi connectivity index (χ3v) is 3.81. The van der Waals surface area contributed by atoms with Crippen LogP contribution in [0.2, 0.25) is 0 Å². The molecule has 2 atom stereocenters. The number of nitrogen functional groups attached to an aromatic ring is 1. The highest BCUT2D eigenvalue weighted by molar-refractivity contribution is 5.94. The second kappa shape index (κ2) is 5.75. The van der Waals surface area contributed by atoms with Crippen LogP contribution in [0.1, 0.15) is 23.7 Å². The number of rotatable bonds is 2. The summed E-state index contributed by atoms with van der Waals surface area (Å²) >= 11 is 0. The smallest absolute Gasteiger partial charge is 0.254 e. The number of halogens is 2. The normalized spacial score (nSPS) is 22.9. The summed E-state index contributed by atoms with van der Waals surface area (Å²) in [4.78, 5) is 13.8. The van der Waals surface area contributed by atoms with Gasteiger partial charge in [0.25, 0.3) is 5.91 Å². The number of benzene rings is 1. The molecule has 1 aromatic rings. The van der Waals surface area contributed by atoms with Crippen molar-refractivity contribution in [3.8, 4) is 0 Å². The van der Waals surface area contributed by atoms with Gasteiger partial charge in [-0.15, -0.1) is 0 Å². The zero-order chi connectivity index (χ0) is 14.9. The lowest BCUT2D eigenvalue weighted by Gasteiger charge is -2.36. The number of ether oxygens (including phenoxy) is 1. The third-order valence-electron chi connectivity index (χ3n) is 3.81. The van der Waals surface area contributed by atoms with Gasteiger partial charge < -0.3 is 15.4 Å². The summed E-state index contributed by atoms with van der Waals surface area (Å²) in [5, 5.41) is 0. The Kier molecular flexibility index (Phi) is 4.23. The van der Waals surface area contributed by atoms with Gasteiger partial charge >= 0.3 is 0 Å². The lowest BCUT2D eigenvalue weighted by molar-refractivity contribution is -0.00159. The Bertz CT molecular complexity index is 499. The van der Waals surface area contributed by atoms with Gasteiger partial charge in [0, 0.05) is 25.8 Å². The van der Waals surface area contributed by atoms with Crippen LogP contribution >= 0.6 is 0 Å². The van der Waals surface area contributed by atoms with E-state index in [0.29, 0.717) is 19.0 Å². The van der Waals surface area contributed by atoms with Crippen molar-refractivity contribution in [1.82, 2.24) is 4.90 Å². The fraction of sp³-hybridized carbons (Fsp3) is 0.500. The molecule has 6 heteroatoms. The van der Waals surface area contributed by atoms with Gasteiger partial charge in [-0.25, -0.2) is 8.78 Å². The fourth-order valence-electron chi connectivity index (χ4n) is 2.42. The van der Waals surface area contributed by atoms with Crippen LogP contribution in [0.4, 0.5) is 14.5 Å². The van der Waals surface area contributed by atoms with Crippen LogP contribution in [0.15, 0.2) is 12.1 Å². The number of piperidine rings is 1. The number of amides is 1. The molecule has 0 radical (unpaired) electrons. The summed E-state index contributed by atoms with van der Waals surface area (Å²) in [6.45, 7) is 3.02. The number of methoxy groups -OCH3 is 1. The molecule has 0 saturated carbocycles. The number of hydrogen-bond donors (Lipinski definition) is 1. The van der Waals surface area contributed by atoms with E-state index in [1.807, 2.05) is 0 Å². The topological polar surface area (TPSA) is 55.6 Å². The van der Waals surface area contributed by atoms with E-state index < -0.39 is 23.2 Å². The maximum atomic E-state index is 13.4. The van der Waals surface area contributed by atoms with Crippen molar-refractivity contribution in [2.24, 2.45) is 5.92 Å². The SMILES string of the molecule is COC1CN(C(=O)c2cc(F)c(N)c(F)c2)CCC1C. The standard InChI is InChI=1S/C14H18F2N2O2/c1-8-3-4-18(7-12(8)20-2)14(19)9-5-10(15)13(17)11(16)6-9/h5-6,8,12H,3-4,7,17H2,1-2H3. The predicted octanol–water partition coefficient (Wildman–Crippen LogP) is 2.04. The molecule has 0 bridgehead atoms. The van der Waals surface area contributed by atoms with Gasteiger partial charge in [-0.1, -0.05) is 6.92 Å². The first-order valence-electron chi connectivity index (χ1n) is 6.50. The molecule has 20 heavy (non-hydrogen) atoms. The molecule has 0 aliphatic carbocycles. The highest BCUT2D eigenvalue weighted by atomic mass is 19.1. The Labute approximate surface area is 116 Å². The molecule has 1 fully saturated rings. The number of nitrogens with two attached hydrogens (primary N) is 1. The van der Waals surface area contributed by atoms with Crippen LogP contribution in [0.5, 0.6) is 0 Å². The number of carbonyl (C=O) groups excluding carboxylic acids is 1. The minimum atomic E-state index is -0.915. The summed E-state index contributed by atoms with van der Waals surface area (Å²) < 4.78 is 32.1. The summed E-state index contributed by atoms with van der Waals surface area (Å²) in [5.41, 5.74) is 4.60. The lowest BCUT2D eigenvalue weighted by Crippen LogP contribution is -2.46. The van der Waals surface area contributed by atoms with Crippen molar-refractivity contribution in [2.75, 3.05) is 25.9 Å². The van der Waals surface area contributed by atoms with Crippen LogP contribution in [-0.2, 0) is 4.74 Å². The summed E-state index contributed by atoms with van der Waals surface area (Å²) in [6.07, 6.45) is 0.737. The third kappa shape index (κ3) is 2.75. The molecule has 2 unspecified atom stereocenters. The van der Waals surface area contributed by atoms with Gasteiger partial charge in [-0.2, -0.15) is 0 Å². The van der Waals surface area contributed by atoms with Crippen LogP contribution < -0.4 is 5.73 Å². The van der Waals surface area contributed by atoms with Crippen LogP contribution in [-0.4, -0.2) is 37.1 Å². The molecule has 1 aliphatic rings. The van der Waals surface area contributed by atoms with E-state index in [-0.39, 0.29) is 11.7 Å². The Morgan fingerprint density at radius 3 is 2.55 bits per heavy atom. The molecule has 1 amide bonds. The highest BCUT2D eigenvalue weighted by Gasteiger charge is 2.29. The van der Waals surface area contributed by atoms with E-state index in [4.69, 9.17) is 10.5 Å². The van der Waals surface area contributed by atoms with Gasteiger partial charge in [0.2, 0.25) is 0 Å². The Balaban J connectivity index is 2.19. The minimum Gasteiger partial charge on any atom is -0.394 e.